The van der Waals surface area contributed by atoms with Gasteiger partial charge in [-0.2, -0.15) is 0 Å². The minimum atomic E-state index is -0.206. The summed E-state index contributed by atoms with van der Waals surface area (Å²) in [7, 11) is 4.66. The van der Waals surface area contributed by atoms with Crippen LogP contribution in [0.1, 0.15) is 24.5 Å². The highest BCUT2D eigenvalue weighted by molar-refractivity contribution is 6.02. The van der Waals surface area contributed by atoms with Gasteiger partial charge >= 0.3 is 0 Å². The van der Waals surface area contributed by atoms with Gasteiger partial charge in [0.05, 0.1) is 21.3 Å². The first-order valence-corrected chi connectivity index (χ1v) is 8.49. The van der Waals surface area contributed by atoms with E-state index in [1.807, 2.05) is 24.3 Å². The first-order chi connectivity index (χ1) is 12.6. The van der Waals surface area contributed by atoms with Crippen LogP contribution in [-0.2, 0) is 11.2 Å². The zero-order valence-electron chi connectivity index (χ0n) is 15.7. The Bertz CT molecular complexity index is 741. The van der Waals surface area contributed by atoms with Crippen molar-refractivity contribution in [1.29, 1.82) is 0 Å². The van der Waals surface area contributed by atoms with E-state index < -0.39 is 0 Å². The molecule has 0 aliphatic rings. The first kappa shape index (κ1) is 19.4. The van der Waals surface area contributed by atoms with Crippen molar-refractivity contribution in [3.63, 3.8) is 0 Å². The molecule has 0 saturated heterocycles. The maximum Gasteiger partial charge on any atom is 0.248 e. The van der Waals surface area contributed by atoms with E-state index in [4.69, 9.17) is 14.2 Å². The van der Waals surface area contributed by atoms with Crippen LogP contribution in [0.4, 0.5) is 5.69 Å². The van der Waals surface area contributed by atoms with Crippen molar-refractivity contribution >= 4 is 17.7 Å². The van der Waals surface area contributed by atoms with Gasteiger partial charge in [-0.05, 0) is 47.9 Å². The van der Waals surface area contributed by atoms with Gasteiger partial charge in [0.1, 0.15) is 0 Å². The lowest BCUT2D eigenvalue weighted by molar-refractivity contribution is -0.111. The zero-order valence-corrected chi connectivity index (χ0v) is 15.7. The van der Waals surface area contributed by atoms with Crippen LogP contribution in [0, 0.1) is 0 Å². The number of carbonyl (C=O) groups is 1. The lowest BCUT2D eigenvalue weighted by Gasteiger charge is -2.12. The highest BCUT2D eigenvalue weighted by atomic mass is 16.5. The SMILES string of the molecule is CCCc1ccc(NC(=O)/C=C/c2cc(OC)c(OC)c(OC)c2)cc1. The van der Waals surface area contributed by atoms with Crippen molar-refractivity contribution in [3.8, 4) is 17.2 Å². The first-order valence-electron chi connectivity index (χ1n) is 8.49. The average molecular weight is 355 g/mol. The fraction of sp³-hybridized carbons (Fsp3) is 0.286. The fourth-order valence-electron chi connectivity index (χ4n) is 2.60. The summed E-state index contributed by atoms with van der Waals surface area (Å²) in [5.41, 5.74) is 2.80. The number of anilines is 1. The number of nitrogens with one attached hydrogen (secondary N) is 1. The average Bonchev–Trinajstić information content (AvgIpc) is 2.67. The second-order valence-corrected chi connectivity index (χ2v) is 5.73. The highest BCUT2D eigenvalue weighted by Gasteiger charge is 2.12. The van der Waals surface area contributed by atoms with Crippen molar-refractivity contribution in [2.45, 2.75) is 19.8 Å². The number of hydrogen-bond acceptors (Lipinski definition) is 4. The predicted molar refractivity (Wildman–Crippen MR) is 104 cm³/mol. The Kier molecular flexibility index (Phi) is 7.09. The highest BCUT2D eigenvalue weighted by Crippen LogP contribution is 2.38. The van der Waals surface area contributed by atoms with E-state index in [0.29, 0.717) is 17.2 Å². The summed E-state index contributed by atoms with van der Waals surface area (Å²) < 4.78 is 15.9. The number of ether oxygens (including phenoxy) is 3. The van der Waals surface area contributed by atoms with E-state index >= 15 is 0 Å². The molecule has 138 valence electrons. The molecule has 5 nitrogen and oxygen atoms in total. The topological polar surface area (TPSA) is 56.8 Å². The molecule has 0 atom stereocenters. The van der Waals surface area contributed by atoms with Crippen molar-refractivity contribution in [1.82, 2.24) is 0 Å². The van der Waals surface area contributed by atoms with Crippen LogP contribution in [0.15, 0.2) is 42.5 Å². The van der Waals surface area contributed by atoms with Crippen LogP contribution < -0.4 is 19.5 Å². The molecule has 0 bridgehead atoms. The lowest BCUT2D eigenvalue weighted by Crippen LogP contribution is -2.07. The normalized spacial score (nSPS) is 10.6. The maximum atomic E-state index is 12.1. The van der Waals surface area contributed by atoms with Gasteiger partial charge < -0.3 is 19.5 Å². The van der Waals surface area contributed by atoms with E-state index in [0.717, 1.165) is 24.1 Å². The molecule has 2 aromatic rings. The number of methoxy groups -OCH3 is 3. The van der Waals surface area contributed by atoms with Crippen LogP contribution in [-0.4, -0.2) is 27.2 Å². The molecule has 2 rings (SSSR count). The van der Waals surface area contributed by atoms with Crippen LogP contribution in [0.3, 0.4) is 0 Å². The fourth-order valence-corrected chi connectivity index (χ4v) is 2.60. The quantitative estimate of drug-likeness (QED) is 0.717. The monoisotopic (exact) mass is 355 g/mol. The molecular formula is C21H25NO4. The Morgan fingerprint density at radius 2 is 1.62 bits per heavy atom. The molecule has 1 N–H and O–H groups in total. The number of carbonyl (C=O) groups excluding carboxylic acids is 1. The number of hydrogen-bond donors (Lipinski definition) is 1. The summed E-state index contributed by atoms with van der Waals surface area (Å²) >= 11 is 0. The van der Waals surface area contributed by atoms with E-state index in [2.05, 4.69) is 12.2 Å². The van der Waals surface area contributed by atoms with Gasteiger partial charge in [0.2, 0.25) is 11.7 Å². The minimum Gasteiger partial charge on any atom is -0.493 e. The lowest BCUT2D eigenvalue weighted by atomic mass is 10.1. The van der Waals surface area contributed by atoms with Gasteiger partial charge in [0.15, 0.2) is 11.5 Å². The van der Waals surface area contributed by atoms with Crippen LogP contribution in [0.2, 0.25) is 0 Å². The number of amides is 1. The third kappa shape index (κ3) is 5.02. The van der Waals surface area contributed by atoms with Crippen LogP contribution in [0.25, 0.3) is 6.08 Å². The molecule has 5 heteroatoms. The smallest absolute Gasteiger partial charge is 0.248 e. The molecule has 26 heavy (non-hydrogen) atoms. The molecule has 0 saturated carbocycles. The Balaban J connectivity index is 2.09. The van der Waals surface area contributed by atoms with Gasteiger partial charge in [0, 0.05) is 11.8 Å². The Morgan fingerprint density at radius 1 is 1.00 bits per heavy atom. The van der Waals surface area contributed by atoms with Gasteiger partial charge in [0.25, 0.3) is 0 Å². The van der Waals surface area contributed by atoms with Crippen molar-refractivity contribution in [2.24, 2.45) is 0 Å². The summed E-state index contributed by atoms with van der Waals surface area (Å²) in [4.78, 5) is 12.1. The number of benzene rings is 2. The predicted octanol–water partition coefficient (Wildman–Crippen LogP) is 4.32. The van der Waals surface area contributed by atoms with Crippen molar-refractivity contribution in [2.75, 3.05) is 26.6 Å². The van der Waals surface area contributed by atoms with Crippen LogP contribution in [0.5, 0.6) is 17.2 Å². The summed E-state index contributed by atoms with van der Waals surface area (Å²) in [5.74, 6) is 1.39. The third-order valence-corrected chi connectivity index (χ3v) is 3.87. The Hall–Kier alpha value is -2.95. The van der Waals surface area contributed by atoms with Crippen molar-refractivity contribution < 1.29 is 19.0 Å². The van der Waals surface area contributed by atoms with E-state index in [-0.39, 0.29) is 5.91 Å². The minimum absolute atomic E-state index is 0.206. The molecule has 0 radical (unpaired) electrons. The molecule has 0 heterocycles. The second kappa shape index (κ2) is 9.51. The standard InChI is InChI=1S/C21H25NO4/c1-5-6-15-7-10-17(11-8-15)22-20(23)12-9-16-13-18(24-2)21(26-4)19(14-16)25-3/h7-14H,5-6H2,1-4H3,(H,22,23)/b12-9+. The maximum absolute atomic E-state index is 12.1. The van der Waals surface area contributed by atoms with Crippen molar-refractivity contribution in [3.05, 3.63) is 53.6 Å². The van der Waals surface area contributed by atoms with Gasteiger partial charge in [-0.1, -0.05) is 25.5 Å². The molecule has 0 aromatic heterocycles. The molecular weight excluding hydrogens is 330 g/mol. The third-order valence-electron chi connectivity index (χ3n) is 3.87. The van der Waals surface area contributed by atoms with Gasteiger partial charge in [-0.25, -0.2) is 0 Å². The number of rotatable bonds is 8. The molecule has 0 aliphatic carbocycles. The van der Waals surface area contributed by atoms with E-state index in [1.165, 1.54) is 11.6 Å². The summed E-state index contributed by atoms with van der Waals surface area (Å²) in [5, 5.41) is 2.85. The molecule has 0 unspecified atom stereocenters. The molecule has 0 fully saturated rings. The van der Waals surface area contributed by atoms with Gasteiger partial charge in [-0.3, -0.25) is 4.79 Å². The second-order valence-electron chi connectivity index (χ2n) is 5.73. The van der Waals surface area contributed by atoms with Crippen LogP contribution >= 0.6 is 0 Å². The Morgan fingerprint density at radius 3 is 2.12 bits per heavy atom. The largest absolute Gasteiger partial charge is 0.493 e. The van der Waals surface area contributed by atoms with E-state index in [9.17, 15) is 4.79 Å². The summed E-state index contributed by atoms with van der Waals surface area (Å²) in [6.07, 6.45) is 5.31. The molecule has 1 amide bonds. The zero-order chi connectivity index (χ0) is 18.9. The Labute approximate surface area is 154 Å². The molecule has 2 aromatic carbocycles. The molecule has 0 aliphatic heterocycles. The number of aryl methyl sites for hydroxylation is 1. The molecule has 0 spiro atoms. The summed E-state index contributed by atoms with van der Waals surface area (Å²) in [6.45, 7) is 2.14. The summed E-state index contributed by atoms with van der Waals surface area (Å²) in [6, 6.07) is 11.5. The van der Waals surface area contributed by atoms with E-state index in [1.54, 1.807) is 39.5 Å². The van der Waals surface area contributed by atoms with Gasteiger partial charge in [-0.15, -0.1) is 0 Å².